The molecule has 19 heavy (non-hydrogen) atoms. The molecule has 2 aromatic rings. The summed E-state index contributed by atoms with van der Waals surface area (Å²) in [5, 5.41) is 2.95. The lowest BCUT2D eigenvalue weighted by atomic mass is 10.1. The van der Waals surface area contributed by atoms with Gasteiger partial charge in [-0.05, 0) is 46.2 Å². The molecule has 1 amide bonds. The van der Waals surface area contributed by atoms with Crippen LogP contribution in [0.5, 0.6) is 0 Å². The summed E-state index contributed by atoms with van der Waals surface area (Å²) in [5.41, 5.74) is 4.62. The molecule has 0 saturated carbocycles. The van der Waals surface area contributed by atoms with Crippen LogP contribution < -0.4 is 5.32 Å². The van der Waals surface area contributed by atoms with Crippen molar-refractivity contribution in [2.75, 3.05) is 5.32 Å². The van der Waals surface area contributed by atoms with Gasteiger partial charge in [-0.2, -0.15) is 0 Å². The molecule has 0 radical (unpaired) electrons. The zero-order valence-electron chi connectivity index (χ0n) is 12.0. The summed E-state index contributed by atoms with van der Waals surface area (Å²) in [4.78, 5) is 12.3. The molecule has 100 valence electrons. The molecule has 0 atom stereocenters. The number of anilines is 1. The average molecular weight is 257 g/mol. The maximum Gasteiger partial charge on any atom is 0.259 e. The van der Waals surface area contributed by atoms with E-state index in [-0.39, 0.29) is 5.91 Å². The van der Waals surface area contributed by atoms with Crippen LogP contribution in [0.4, 0.5) is 5.69 Å². The summed E-state index contributed by atoms with van der Waals surface area (Å²) in [7, 11) is 0. The Morgan fingerprint density at radius 3 is 2.26 bits per heavy atom. The molecule has 0 aliphatic rings. The first kappa shape index (κ1) is 13.4. The summed E-state index contributed by atoms with van der Waals surface area (Å²) in [6.07, 6.45) is 0. The SMILES string of the molecule is Cc1ccc(NC(=O)c2c(C)oc(C)c2C)c(C)c1. The molecule has 0 unspecified atom stereocenters. The van der Waals surface area contributed by atoms with Gasteiger partial charge >= 0.3 is 0 Å². The van der Waals surface area contributed by atoms with Crippen LogP contribution in [-0.4, -0.2) is 5.91 Å². The van der Waals surface area contributed by atoms with E-state index in [1.54, 1.807) is 0 Å². The minimum Gasteiger partial charge on any atom is -0.466 e. The van der Waals surface area contributed by atoms with Crippen LogP contribution in [0.2, 0.25) is 0 Å². The van der Waals surface area contributed by atoms with E-state index in [1.807, 2.05) is 46.8 Å². The lowest BCUT2D eigenvalue weighted by Gasteiger charge is -2.09. The van der Waals surface area contributed by atoms with Gasteiger partial charge < -0.3 is 9.73 Å². The maximum atomic E-state index is 12.3. The molecule has 1 aromatic carbocycles. The van der Waals surface area contributed by atoms with E-state index in [1.165, 1.54) is 5.56 Å². The molecule has 0 spiro atoms. The Labute approximate surface area is 113 Å². The van der Waals surface area contributed by atoms with Crippen molar-refractivity contribution in [3.05, 3.63) is 52.0 Å². The summed E-state index contributed by atoms with van der Waals surface area (Å²) >= 11 is 0. The summed E-state index contributed by atoms with van der Waals surface area (Å²) in [6, 6.07) is 5.97. The highest BCUT2D eigenvalue weighted by atomic mass is 16.3. The number of nitrogens with one attached hydrogen (secondary N) is 1. The highest BCUT2D eigenvalue weighted by Gasteiger charge is 2.18. The summed E-state index contributed by atoms with van der Waals surface area (Å²) in [6.45, 7) is 9.62. The number of rotatable bonds is 2. The molecule has 0 aliphatic carbocycles. The fourth-order valence-corrected chi connectivity index (χ4v) is 2.27. The standard InChI is InChI=1S/C16H19NO2/c1-9-6-7-14(10(2)8-9)17-16(18)15-11(3)12(4)19-13(15)5/h6-8H,1-5H3,(H,17,18). The van der Waals surface area contributed by atoms with Crippen LogP contribution in [0.15, 0.2) is 22.6 Å². The van der Waals surface area contributed by atoms with Crippen LogP contribution in [0.1, 0.15) is 38.6 Å². The third kappa shape index (κ3) is 2.55. The monoisotopic (exact) mass is 257 g/mol. The van der Waals surface area contributed by atoms with E-state index in [2.05, 4.69) is 11.4 Å². The van der Waals surface area contributed by atoms with Crippen molar-refractivity contribution in [2.24, 2.45) is 0 Å². The Balaban J connectivity index is 2.31. The zero-order valence-corrected chi connectivity index (χ0v) is 12.0. The second kappa shape index (κ2) is 4.92. The highest BCUT2D eigenvalue weighted by molar-refractivity contribution is 6.06. The van der Waals surface area contributed by atoms with Crippen LogP contribution >= 0.6 is 0 Å². The van der Waals surface area contributed by atoms with Crippen molar-refractivity contribution in [2.45, 2.75) is 34.6 Å². The fourth-order valence-electron chi connectivity index (χ4n) is 2.27. The Morgan fingerprint density at radius 1 is 1.05 bits per heavy atom. The first-order valence-electron chi connectivity index (χ1n) is 6.35. The largest absolute Gasteiger partial charge is 0.466 e. The molecule has 2 rings (SSSR count). The molecule has 1 aromatic heterocycles. The fraction of sp³-hybridized carbons (Fsp3) is 0.312. The molecule has 0 fully saturated rings. The molecule has 1 heterocycles. The van der Waals surface area contributed by atoms with Crippen molar-refractivity contribution in [1.29, 1.82) is 0 Å². The number of hydrogen-bond acceptors (Lipinski definition) is 2. The molecule has 0 aliphatic heterocycles. The third-order valence-corrected chi connectivity index (χ3v) is 3.42. The molecule has 1 N–H and O–H groups in total. The van der Waals surface area contributed by atoms with Crippen molar-refractivity contribution in [3.63, 3.8) is 0 Å². The van der Waals surface area contributed by atoms with Gasteiger partial charge in [0.2, 0.25) is 0 Å². The quantitative estimate of drug-likeness (QED) is 0.881. The number of amides is 1. The van der Waals surface area contributed by atoms with Gasteiger partial charge in [0, 0.05) is 11.3 Å². The minimum atomic E-state index is -0.112. The van der Waals surface area contributed by atoms with Crippen LogP contribution in [-0.2, 0) is 0 Å². The van der Waals surface area contributed by atoms with E-state index < -0.39 is 0 Å². The first-order valence-corrected chi connectivity index (χ1v) is 6.35. The topological polar surface area (TPSA) is 42.2 Å². The Hall–Kier alpha value is -2.03. The van der Waals surface area contributed by atoms with E-state index >= 15 is 0 Å². The predicted octanol–water partition coefficient (Wildman–Crippen LogP) is 4.07. The Morgan fingerprint density at radius 2 is 1.74 bits per heavy atom. The van der Waals surface area contributed by atoms with Crippen molar-refractivity contribution < 1.29 is 9.21 Å². The van der Waals surface area contributed by atoms with E-state index in [4.69, 9.17) is 4.42 Å². The number of aryl methyl sites for hydroxylation is 4. The number of carbonyl (C=O) groups excluding carboxylic acids is 1. The number of hydrogen-bond donors (Lipinski definition) is 1. The van der Waals surface area contributed by atoms with Gasteiger partial charge in [0.25, 0.3) is 5.91 Å². The lowest BCUT2D eigenvalue weighted by Crippen LogP contribution is -2.14. The number of furan rings is 1. The second-order valence-corrected chi connectivity index (χ2v) is 4.99. The van der Waals surface area contributed by atoms with Gasteiger partial charge in [-0.25, -0.2) is 0 Å². The Kier molecular flexibility index (Phi) is 3.47. The first-order chi connectivity index (χ1) is 8.90. The van der Waals surface area contributed by atoms with Crippen molar-refractivity contribution in [3.8, 4) is 0 Å². The molecule has 3 nitrogen and oxygen atoms in total. The second-order valence-electron chi connectivity index (χ2n) is 4.99. The average Bonchev–Trinajstić information content (AvgIpc) is 2.57. The predicted molar refractivity (Wildman–Crippen MR) is 76.8 cm³/mol. The third-order valence-electron chi connectivity index (χ3n) is 3.42. The van der Waals surface area contributed by atoms with Gasteiger partial charge in [0.15, 0.2) is 0 Å². The van der Waals surface area contributed by atoms with Gasteiger partial charge in [0.1, 0.15) is 11.5 Å². The minimum absolute atomic E-state index is 0.112. The van der Waals surface area contributed by atoms with Gasteiger partial charge in [-0.3, -0.25) is 4.79 Å². The van der Waals surface area contributed by atoms with Gasteiger partial charge in [0.05, 0.1) is 5.56 Å². The smallest absolute Gasteiger partial charge is 0.259 e. The molecular formula is C16H19NO2. The molecule has 0 saturated heterocycles. The zero-order chi connectivity index (χ0) is 14.2. The molecule has 3 heteroatoms. The Bertz CT molecular complexity index is 638. The molecule has 0 bridgehead atoms. The maximum absolute atomic E-state index is 12.3. The number of carbonyl (C=O) groups is 1. The van der Waals surface area contributed by atoms with Crippen molar-refractivity contribution >= 4 is 11.6 Å². The highest BCUT2D eigenvalue weighted by Crippen LogP contribution is 2.23. The summed E-state index contributed by atoms with van der Waals surface area (Å²) in [5.74, 6) is 1.35. The van der Waals surface area contributed by atoms with Crippen LogP contribution in [0, 0.1) is 34.6 Å². The molecular weight excluding hydrogens is 238 g/mol. The van der Waals surface area contributed by atoms with E-state index in [9.17, 15) is 4.79 Å². The van der Waals surface area contributed by atoms with Crippen molar-refractivity contribution in [1.82, 2.24) is 0 Å². The van der Waals surface area contributed by atoms with Crippen LogP contribution in [0.3, 0.4) is 0 Å². The van der Waals surface area contributed by atoms with Gasteiger partial charge in [-0.15, -0.1) is 0 Å². The normalized spacial score (nSPS) is 10.6. The van der Waals surface area contributed by atoms with E-state index in [0.717, 1.165) is 22.6 Å². The van der Waals surface area contributed by atoms with Crippen LogP contribution in [0.25, 0.3) is 0 Å². The summed E-state index contributed by atoms with van der Waals surface area (Å²) < 4.78 is 5.49. The number of benzene rings is 1. The van der Waals surface area contributed by atoms with Gasteiger partial charge in [-0.1, -0.05) is 17.7 Å². The van der Waals surface area contributed by atoms with E-state index in [0.29, 0.717) is 11.3 Å². The lowest BCUT2D eigenvalue weighted by molar-refractivity contribution is 0.102.